The second-order valence-electron chi connectivity index (χ2n) is 6.45. The number of hydrogen-bond donors (Lipinski definition) is 2. The third kappa shape index (κ3) is 3.25. The molecule has 1 fully saturated rings. The van der Waals surface area contributed by atoms with Crippen LogP contribution in [0.15, 0.2) is 54.6 Å². The lowest BCUT2D eigenvalue weighted by Crippen LogP contribution is -2.47. The number of carbonyl (C=O) groups is 3. The number of nitrogens with one attached hydrogen (secondary N) is 2. The van der Waals surface area contributed by atoms with E-state index in [2.05, 4.69) is 10.6 Å². The van der Waals surface area contributed by atoms with E-state index < -0.39 is 29.4 Å². The average molecular weight is 362 g/mol. The number of imide groups is 1. The summed E-state index contributed by atoms with van der Waals surface area (Å²) in [5.74, 6) is -1.02. The Kier molecular flexibility index (Phi) is 4.65. The van der Waals surface area contributed by atoms with Gasteiger partial charge in [-0.15, -0.1) is 0 Å². The number of nitriles is 1. The average Bonchev–Trinajstić information content (AvgIpc) is 2.91. The lowest BCUT2D eigenvalue weighted by atomic mass is 9.92. The number of amides is 4. The first-order chi connectivity index (χ1) is 12.9. The maximum atomic E-state index is 13.0. The van der Waals surface area contributed by atoms with Crippen LogP contribution in [0.1, 0.15) is 25.0 Å². The first kappa shape index (κ1) is 18.1. The number of carbonyl (C=O) groups excluding carboxylic acids is 3. The van der Waals surface area contributed by atoms with E-state index in [9.17, 15) is 14.4 Å². The van der Waals surface area contributed by atoms with Crippen molar-refractivity contribution in [3.8, 4) is 6.07 Å². The minimum atomic E-state index is -1.23. The van der Waals surface area contributed by atoms with Crippen LogP contribution in [-0.4, -0.2) is 28.8 Å². The van der Waals surface area contributed by atoms with Gasteiger partial charge in [-0.2, -0.15) is 5.26 Å². The van der Waals surface area contributed by atoms with E-state index in [4.69, 9.17) is 5.26 Å². The molecule has 0 aliphatic carbocycles. The fourth-order valence-corrected chi connectivity index (χ4v) is 3.01. The van der Waals surface area contributed by atoms with Crippen molar-refractivity contribution in [3.05, 3.63) is 65.7 Å². The molecule has 136 valence electrons. The molecule has 0 bridgehead atoms. The van der Waals surface area contributed by atoms with Gasteiger partial charge in [0.15, 0.2) is 0 Å². The Morgan fingerprint density at radius 1 is 1.19 bits per heavy atom. The maximum Gasteiger partial charge on any atom is 0.326 e. The van der Waals surface area contributed by atoms with Crippen LogP contribution >= 0.6 is 0 Å². The number of anilines is 1. The van der Waals surface area contributed by atoms with Crippen LogP contribution in [0.5, 0.6) is 0 Å². The first-order valence-electron chi connectivity index (χ1n) is 8.39. The van der Waals surface area contributed by atoms with Crippen molar-refractivity contribution < 1.29 is 14.4 Å². The van der Waals surface area contributed by atoms with E-state index in [0.29, 0.717) is 16.8 Å². The van der Waals surface area contributed by atoms with Crippen LogP contribution in [-0.2, 0) is 15.1 Å². The molecule has 2 aromatic rings. The van der Waals surface area contributed by atoms with Crippen LogP contribution in [0, 0.1) is 11.3 Å². The van der Waals surface area contributed by atoms with E-state index >= 15 is 0 Å². The summed E-state index contributed by atoms with van der Waals surface area (Å²) in [7, 11) is 0. The molecule has 1 heterocycles. The zero-order chi connectivity index (χ0) is 19.6. The SMILES string of the molecule is C[C@@H](C(=O)Nc1cccc(C#N)c1)N1C(=O)N[C@@](C)(c2ccccc2)C1=O. The Bertz CT molecular complexity index is 951. The molecule has 4 amide bonds. The quantitative estimate of drug-likeness (QED) is 0.815. The molecule has 2 atom stereocenters. The monoisotopic (exact) mass is 362 g/mol. The van der Waals surface area contributed by atoms with E-state index in [1.165, 1.54) is 13.0 Å². The lowest BCUT2D eigenvalue weighted by Gasteiger charge is -2.24. The molecule has 0 spiro atoms. The van der Waals surface area contributed by atoms with Crippen LogP contribution in [0.3, 0.4) is 0 Å². The van der Waals surface area contributed by atoms with Crippen LogP contribution in [0.4, 0.5) is 10.5 Å². The third-order valence-corrected chi connectivity index (χ3v) is 4.60. The van der Waals surface area contributed by atoms with Crippen molar-refractivity contribution in [3.63, 3.8) is 0 Å². The molecular weight excluding hydrogens is 344 g/mol. The molecule has 1 aliphatic rings. The van der Waals surface area contributed by atoms with Gasteiger partial charge in [0.25, 0.3) is 5.91 Å². The smallest absolute Gasteiger partial charge is 0.324 e. The number of rotatable bonds is 4. The Hall–Kier alpha value is -3.66. The Morgan fingerprint density at radius 3 is 2.56 bits per heavy atom. The minimum absolute atomic E-state index is 0.395. The number of hydrogen-bond acceptors (Lipinski definition) is 4. The van der Waals surface area contributed by atoms with E-state index in [-0.39, 0.29) is 0 Å². The molecular formula is C20H18N4O3. The van der Waals surface area contributed by atoms with Gasteiger partial charge in [0.1, 0.15) is 11.6 Å². The van der Waals surface area contributed by atoms with Crippen molar-refractivity contribution >= 4 is 23.5 Å². The summed E-state index contributed by atoms with van der Waals surface area (Å²) >= 11 is 0. The van der Waals surface area contributed by atoms with Gasteiger partial charge in [0, 0.05) is 5.69 Å². The second-order valence-corrected chi connectivity index (χ2v) is 6.45. The fourth-order valence-electron chi connectivity index (χ4n) is 3.01. The summed E-state index contributed by atoms with van der Waals surface area (Å²) in [5.41, 5.74) is 0.226. The molecule has 0 radical (unpaired) electrons. The van der Waals surface area contributed by atoms with Gasteiger partial charge in [-0.05, 0) is 37.6 Å². The van der Waals surface area contributed by atoms with Gasteiger partial charge in [-0.25, -0.2) is 9.69 Å². The van der Waals surface area contributed by atoms with Gasteiger partial charge in [-0.3, -0.25) is 9.59 Å². The fraction of sp³-hybridized carbons (Fsp3) is 0.200. The summed E-state index contributed by atoms with van der Waals surface area (Å²) in [5, 5.41) is 14.3. The molecule has 7 heteroatoms. The van der Waals surface area contributed by atoms with Crippen molar-refractivity contribution in [2.45, 2.75) is 25.4 Å². The number of urea groups is 1. The van der Waals surface area contributed by atoms with Gasteiger partial charge in [-0.1, -0.05) is 36.4 Å². The molecule has 2 N–H and O–H groups in total. The highest BCUT2D eigenvalue weighted by Crippen LogP contribution is 2.30. The summed E-state index contributed by atoms with van der Waals surface area (Å²) in [6, 6.07) is 15.6. The normalized spacial score (nSPS) is 20.0. The molecule has 0 unspecified atom stereocenters. The van der Waals surface area contributed by atoms with Crippen molar-refractivity contribution in [1.82, 2.24) is 10.2 Å². The molecule has 7 nitrogen and oxygen atoms in total. The molecule has 3 rings (SSSR count). The van der Waals surface area contributed by atoms with Crippen LogP contribution < -0.4 is 10.6 Å². The molecule has 2 aromatic carbocycles. The molecule has 0 aromatic heterocycles. The van der Waals surface area contributed by atoms with Crippen molar-refractivity contribution in [2.24, 2.45) is 0 Å². The number of nitrogens with zero attached hydrogens (tertiary/aromatic N) is 2. The zero-order valence-corrected chi connectivity index (χ0v) is 14.9. The van der Waals surface area contributed by atoms with E-state index in [1.807, 2.05) is 12.1 Å². The summed E-state index contributed by atoms with van der Waals surface area (Å²) < 4.78 is 0. The Balaban J connectivity index is 1.81. The minimum Gasteiger partial charge on any atom is -0.324 e. The molecule has 1 aliphatic heterocycles. The van der Waals surface area contributed by atoms with Gasteiger partial charge in [0.2, 0.25) is 5.91 Å². The zero-order valence-electron chi connectivity index (χ0n) is 14.9. The highest BCUT2D eigenvalue weighted by Gasteiger charge is 2.51. The van der Waals surface area contributed by atoms with Crippen LogP contribution in [0.2, 0.25) is 0 Å². The Labute approximate surface area is 156 Å². The van der Waals surface area contributed by atoms with Crippen LogP contribution in [0.25, 0.3) is 0 Å². The first-order valence-corrected chi connectivity index (χ1v) is 8.39. The molecule has 27 heavy (non-hydrogen) atoms. The lowest BCUT2D eigenvalue weighted by molar-refractivity contribution is -0.136. The summed E-state index contributed by atoms with van der Waals surface area (Å²) in [6.45, 7) is 3.10. The van der Waals surface area contributed by atoms with Gasteiger partial charge < -0.3 is 10.6 Å². The maximum absolute atomic E-state index is 13.0. The molecule has 1 saturated heterocycles. The summed E-state index contributed by atoms with van der Waals surface area (Å²) in [4.78, 5) is 38.9. The highest BCUT2D eigenvalue weighted by atomic mass is 16.2. The standard InChI is InChI=1S/C20H18N4O3/c1-13(17(25)22-16-10-6-7-14(11-16)12-21)24-18(26)20(2,23-19(24)27)15-8-4-3-5-9-15/h3-11,13H,1-2H3,(H,22,25)(H,23,27)/t13-,20-/m0/s1. The second kappa shape index (κ2) is 6.92. The summed E-state index contributed by atoms with van der Waals surface area (Å²) in [6.07, 6.45) is 0. The Morgan fingerprint density at radius 2 is 1.89 bits per heavy atom. The topological polar surface area (TPSA) is 102 Å². The predicted octanol–water partition coefficient (Wildman–Crippen LogP) is 2.35. The largest absolute Gasteiger partial charge is 0.326 e. The number of benzene rings is 2. The van der Waals surface area contributed by atoms with Gasteiger partial charge >= 0.3 is 6.03 Å². The van der Waals surface area contributed by atoms with E-state index in [0.717, 1.165) is 4.90 Å². The predicted molar refractivity (Wildman–Crippen MR) is 98.4 cm³/mol. The van der Waals surface area contributed by atoms with E-state index in [1.54, 1.807) is 49.4 Å². The van der Waals surface area contributed by atoms with Gasteiger partial charge in [0.05, 0.1) is 11.6 Å². The molecule has 0 saturated carbocycles. The highest BCUT2D eigenvalue weighted by molar-refractivity contribution is 6.11. The van der Waals surface area contributed by atoms with Crippen molar-refractivity contribution in [2.75, 3.05) is 5.32 Å². The van der Waals surface area contributed by atoms with Crippen molar-refractivity contribution in [1.29, 1.82) is 5.26 Å². The third-order valence-electron chi connectivity index (χ3n) is 4.60.